The van der Waals surface area contributed by atoms with Crippen LogP contribution in [-0.2, 0) is 28.6 Å². The molecule has 1 unspecified atom stereocenters. The van der Waals surface area contributed by atoms with Crippen LogP contribution in [-0.4, -0.2) is 48.2 Å². The maximum atomic E-state index is 13.2. The van der Waals surface area contributed by atoms with E-state index in [1.54, 1.807) is 50.3 Å². The first kappa shape index (κ1) is 28.5. The Kier molecular flexibility index (Phi) is 10.9. The summed E-state index contributed by atoms with van der Waals surface area (Å²) in [7, 11) is 0. The third kappa shape index (κ3) is 8.16. The molecule has 9 nitrogen and oxygen atoms in total. The second kappa shape index (κ2) is 13.4. The van der Waals surface area contributed by atoms with Crippen LogP contribution in [0.4, 0.5) is 0 Å². The summed E-state index contributed by atoms with van der Waals surface area (Å²) < 4.78 is 17.3. The molecule has 0 spiro atoms. The first-order chi connectivity index (χ1) is 16.6. The van der Waals surface area contributed by atoms with Crippen LogP contribution < -0.4 is 16.8 Å². The highest BCUT2D eigenvalue weighted by Crippen LogP contribution is 2.27. The highest BCUT2D eigenvalue weighted by Gasteiger charge is 2.37. The van der Waals surface area contributed by atoms with Gasteiger partial charge in [0.1, 0.15) is 6.04 Å². The van der Waals surface area contributed by atoms with E-state index in [1.165, 1.54) is 6.92 Å². The largest absolute Gasteiger partial charge is 0.419 e. The Morgan fingerprint density at radius 1 is 1.09 bits per heavy atom. The third-order valence-corrected chi connectivity index (χ3v) is 6.03. The van der Waals surface area contributed by atoms with Crippen LogP contribution >= 0.6 is 0 Å². The van der Waals surface area contributed by atoms with E-state index >= 15 is 0 Å². The highest BCUT2D eigenvalue weighted by molar-refractivity contribution is 5.89. The van der Waals surface area contributed by atoms with Crippen molar-refractivity contribution in [3.05, 3.63) is 47.5 Å². The number of carbonyl (C=O) groups is 3. The summed E-state index contributed by atoms with van der Waals surface area (Å²) in [6, 6.07) is 6.76. The summed E-state index contributed by atoms with van der Waals surface area (Å²) in [6.07, 6.45) is 1.40. The molecule has 0 aromatic heterocycles. The SMILES string of the molecule is CCC(CC)O[C@@H]1C=C(C(=O)OC(OC(=O)[C@H](N)C(C)C)c2ccccc2)C[C@H](N)[C@H]1NC(C)=O. The van der Waals surface area contributed by atoms with Gasteiger partial charge in [-0.15, -0.1) is 0 Å². The number of hydrogen-bond donors (Lipinski definition) is 3. The van der Waals surface area contributed by atoms with Gasteiger partial charge in [0, 0.05) is 24.1 Å². The average Bonchev–Trinajstić information content (AvgIpc) is 2.83. The van der Waals surface area contributed by atoms with Crippen LogP contribution in [0.25, 0.3) is 0 Å². The number of esters is 2. The number of nitrogens with two attached hydrogens (primary N) is 2. The number of amides is 1. The lowest BCUT2D eigenvalue weighted by molar-refractivity contribution is -0.189. The van der Waals surface area contributed by atoms with Crippen molar-refractivity contribution in [3.63, 3.8) is 0 Å². The van der Waals surface area contributed by atoms with Crippen molar-refractivity contribution in [1.29, 1.82) is 0 Å². The van der Waals surface area contributed by atoms with Crippen LogP contribution in [0.1, 0.15) is 65.7 Å². The topological polar surface area (TPSA) is 143 Å². The second-order valence-electron chi connectivity index (χ2n) is 9.18. The van der Waals surface area contributed by atoms with E-state index in [2.05, 4.69) is 5.32 Å². The molecule has 1 aliphatic rings. The Morgan fingerprint density at radius 2 is 1.71 bits per heavy atom. The standard InChI is InChI=1S/C26H39N3O6/c1-6-19(7-2)33-21-14-18(13-20(27)23(21)29-16(5)30)24(31)34-26(17-11-9-8-10-12-17)35-25(32)22(28)15(3)4/h8-12,14-15,19-23,26H,6-7,13,27-28H2,1-5H3,(H,29,30)/t20-,21+,22+,23+,26?/m0/s1. The molecule has 0 fully saturated rings. The monoisotopic (exact) mass is 489 g/mol. The zero-order chi connectivity index (χ0) is 26.1. The molecule has 0 saturated heterocycles. The lowest BCUT2D eigenvalue weighted by Gasteiger charge is -2.36. The van der Waals surface area contributed by atoms with Crippen molar-refractivity contribution >= 4 is 17.8 Å². The molecule has 1 aliphatic carbocycles. The Balaban J connectivity index is 2.30. The molecule has 9 heteroatoms. The number of carbonyl (C=O) groups excluding carboxylic acids is 3. The van der Waals surface area contributed by atoms with Crippen LogP contribution in [0.15, 0.2) is 42.0 Å². The smallest absolute Gasteiger partial charge is 0.337 e. The van der Waals surface area contributed by atoms with Crippen molar-refractivity contribution in [2.75, 3.05) is 0 Å². The molecule has 0 saturated carbocycles. The van der Waals surface area contributed by atoms with Crippen molar-refractivity contribution in [1.82, 2.24) is 5.32 Å². The van der Waals surface area contributed by atoms with Crippen molar-refractivity contribution in [2.24, 2.45) is 17.4 Å². The molecule has 0 heterocycles. The Bertz CT molecular complexity index is 884. The minimum Gasteiger partial charge on any atom is -0.419 e. The second-order valence-corrected chi connectivity index (χ2v) is 9.18. The number of rotatable bonds is 11. The molecule has 1 aromatic carbocycles. The lowest BCUT2D eigenvalue weighted by Crippen LogP contribution is -2.57. The molecule has 194 valence electrons. The first-order valence-corrected chi connectivity index (χ1v) is 12.2. The Labute approximate surface area is 207 Å². The molecule has 0 radical (unpaired) electrons. The molecular formula is C26H39N3O6. The maximum Gasteiger partial charge on any atom is 0.337 e. The predicted octanol–water partition coefficient (Wildman–Crippen LogP) is 2.49. The van der Waals surface area contributed by atoms with Gasteiger partial charge in [0.05, 0.1) is 18.2 Å². The zero-order valence-electron chi connectivity index (χ0n) is 21.2. The predicted molar refractivity (Wildman–Crippen MR) is 132 cm³/mol. The fourth-order valence-corrected chi connectivity index (χ4v) is 3.80. The summed E-state index contributed by atoms with van der Waals surface area (Å²) in [5, 5.41) is 2.84. The van der Waals surface area contributed by atoms with Crippen molar-refractivity contribution in [3.8, 4) is 0 Å². The van der Waals surface area contributed by atoms with E-state index in [0.717, 1.165) is 12.8 Å². The number of ether oxygens (including phenoxy) is 3. The molecule has 0 bridgehead atoms. The number of hydrogen-bond acceptors (Lipinski definition) is 8. The summed E-state index contributed by atoms with van der Waals surface area (Å²) in [4.78, 5) is 37.5. The van der Waals surface area contributed by atoms with Crippen LogP contribution in [0.3, 0.4) is 0 Å². The van der Waals surface area contributed by atoms with E-state index < -0.39 is 42.5 Å². The van der Waals surface area contributed by atoms with E-state index in [9.17, 15) is 14.4 Å². The lowest BCUT2D eigenvalue weighted by atomic mass is 9.88. The summed E-state index contributed by atoms with van der Waals surface area (Å²) in [5.74, 6) is -1.74. The molecule has 0 aliphatic heterocycles. The van der Waals surface area contributed by atoms with Crippen molar-refractivity contribution < 1.29 is 28.6 Å². The van der Waals surface area contributed by atoms with Gasteiger partial charge in [-0.25, -0.2) is 4.79 Å². The molecular weight excluding hydrogens is 450 g/mol. The minimum atomic E-state index is -1.27. The molecule has 1 aromatic rings. The number of benzene rings is 1. The van der Waals surface area contributed by atoms with Gasteiger partial charge in [0.15, 0.2) is 0 Å². The van der Waals surface area contributed by atoms with Crippen LogP contribution in [0.2, 0.25) is 0 Å². The first-order valence-electron chi connectivity index (χ1n) is 12.2. The van der Waals surface area contributed by atoms with Gasteiger partial charge in [0.25, 0.3) is 6.29 Å². The minimum absolute atomic E-state index is 0.0642. The van der Waals surface area contributed by atoms with Crippen molar-refractivity contribution in [2.45, 2.75) is 90.5 Å². The molecule has 35 heavy (non-hydrogen) atoms. The molecule has 1 amide bonds. The van der Waals surface area contributed by atoms with Gasteiger partial charge < -0.3 is 31.0 Å². The van der Waals surface area contributed by atoms with Crippen LogP contribution in [0, 0.1) is 5.92 Å². The van der Waals surface area contributed by atoms with E-state index in [4.69, 9.17) is 25.7 Å². The Hall–Kier alpha value is -2.75. The van der Waals surface area contributed by atoms with Gasteiger partial charge in [-0.2, -0.15) is 0 Å². The highest BCUT2D eigenvalue weighted by atomic mass is 16.7. The zero-order valence-corrected chi connectivity index (χ0v) is 21.2. The average molecular weight is 490 g/mol. The summed E-state index contributed by atoms with van der Waals surface area (Å²) in [6.45, 7) is 9.02. The van der Waals surface area contributed by atoms with Crippen LogP contribution in [0.5, 0.6) is 0 Å². The molecule has 5 N–H and O–H groups in total. The van der Waals surface area contributed by atoms with Gasteiger partial charge in [0.2, 0.25) is 5.91 Å². The summed E-state index contributed by atoms with van der Waals surface area (Å²) in [5.41, 5.74) is 13.1. The normalized spacial score (nSPS) is 21.7. The maximum absolute atomic E-state index is 13.2. The third-order valence-electron chi connectivity index (χ3n) is 6.03. The number of nitrogens with one attached hydrogen (secondary N) is 1. The molecule has 2 rings (SSSR count). The quantitative estimate of drug-likeness (QED) is 0.318. The fourth-order valence-electron chi connectivity index (χ4n) is 3.80. The van der Waals surface area contributed by atoms with Gasteiger partial charge in [-0.1, -0.05) is 58.0 Å². The van der Waals surface area contributed by atoms with E-state index in [0.29, 0.717) is 11.1 Å². The molecule has 5 atom stereocenters. The van der Waals surface area contributed by atoms with Gasteiger partial charge >= 0.3 is 11.9 Å². The van der Waals surface area contributed by atoms with Gasteiger partial charge in [-0.05, 0) is 31.3 Å². The van der Waals surface area contributed by atoms with E-state index in [-0.39, 0.29) is 24.3 Å². The Morgan fingerprint density at radius 3 is 2.26 bits per heavy atom. The van der Waals surface area contributed by atoms with Gasteiger partial charge in [-0.3, -0.25) is 9.59 Å². The summed E-state index contributed by atoms with van der Waals surface area (Å²) >= 11 is 0. The fraction of sp³-hybridized carbons (Fsp3) is 0.577. The van der Waals surface area contributed by atoms with E-state index in [1.807, 2.05) is 13.8 Å².